The average Bonchev–Trinajstić information content (AvgIpc) is 2.41. The lowest BCUT2D eigenvalue weighted by atomic mass is 9.98. The number of halogens is 2. The molecular formula is C16H17Cl2NO. The van der Waals surface area contributed by atoms with Gasteiger partial charge in [-0.2, -0.15) is 0 Å². The summed E-state index contributed by atoms with van der Waals surface area (Å²) >= 11 is 12.0. The highest BCUT2D eigenvalue weighted by molar-refractivity contribution is 6.42. The minimum atomic E-state index is -0.00313. The van der Waals surface area contributed by atoms with Gasteiger partial charge in [0.05, 0.1) is 16.7 Å². The highest BCUT2D eigenvalue weighted by atomic mass is 35.5. The summed E-state index contributed by atoms with van der Waals surface area (Å²) in [6.45, 7) is 0.839. The highest BCUT2D eigenvalue weighted by Crippen LogP contribution is 2.31. The van der Waals surface area contributed by atoms with E-state index in [1.807, 2.05) is 38.4 Å². The van der Waals surface area contributed by atoms with Crippen LogP contribution in [0.2, 0.25) is 10.0 Å². The third-order valence-electron chi connectivity index (χ3n) is 3.07. The Morgan fingerprint density at radius 1 is 1.00 bits per heavy atom. The number of hydrogen-bond acceptors (Lipinski definition) is 2. The van der Waals surface area contributed by atoms with Gasteiger partial charge in [0.2, 0.25) is 0 Å². The predicted molar refractivity (Wildman–Crippen MR) is 85.2 cm³/mol. The first-order valence-corrected chi connectivity index (χ1v) is 7.09. The molecule has 2 aromatic rings. The maximum Gasteiger partial charge on any atom is 0.0687 e. The molecule has 0 aliphatic carbocycles. The van der Waals surface area contributed by atoms with Crippen LogP contribution < -0.4 is 0 Å². The largest absolute Gasteiger partial charge is 0.392 e. The Balaban J connectivity index is 2.43. The fourth-order valence-corrected chi connectivity index (χ4v) is 2.48. The third-order valence-corrected chi connectivity index (χ3v) is 3.81. The maximum absolute atomic E-state index is 9.59. The van der Waals surface area contributed by atoms with Crippen molar-refractivity contribution in [3.63, 3.8) is 0 Å². The molecule has 0 amide bonds. The Labute approximate surface area is 129 Å². The summed E-state index contributed by atoms with van der Waals surface area (Å²) in [5.74, 6) is 0. The molecule has 2 aromatic carbocycles. The molecule has 0 bridgehead atoms. The van der Waals surface area contributed by atoms with E-state index in [-0.39, 0.29) is 6.61 Å². The van der Waals surface area contributed by atoms with Crippen molar-refractivity contribution in [2.45, 2.75) is 13.2 Å². The van der Waals surface area contributed by atoms with E-state index in [1.165, 1.54) is 5.56 Å². The molecule has 106 valence electrons. The lowest BCUT2D eigenvalue weighted by Crippen LogP contribution is -2.10. The normalized spacial score (nSPS) is 11.1. The molecule has 1 N–H and O–H groups in total. The van der Waals surface area contributed by atoms with Crippen LogP contribution in [0.4, 0.5) is 0 Å². The fourth-order valence-electron chi connectivity index (χ4n) is 2.19. The van der Waals surface area contributed by atoms with Gasteiger partial charge in [-0.15, -0.1) is 0 Å². The lowest BCUT2D eigenvalue weighted by molar-refractivity contribution is 0.282. The molecule has 0 unspecified atom stereocenters. The van der Waals surface area contributed by atoms with E-state index in [0.717, 1.165) is 23.2 Å². The van der Waals surface area contributed by atoms with Gasteiger partial charge in [0.25, 0.3) is 0 Å². The van der Waals surface area contributed by atoms with Crippen molar-refractivity contribution in [1.29, 1.82) is 0 Å². The minimum Gasteiger partial charge on any atom is -0.392 e. The average molecular weight is 310 g/mol. The number of nitrogens with zero attached hydrogens (tertiary/aromatic N) is 1. The topological polar surface area (TPSA) is 23.5 Å². The van der Waals surface area contributed by atoms with E-state index in [0.29, 0.717) is 10.0 Å². The molecule has 2 nitrogen and oxygen atoms in total. The van der Waals surface area contributed by atoms with Gasteiger partial charge in [0.1, 0.15) is 0 Å². The van der Waals surface area contributed by atoms with Gasteiger partial charge < -0.3 is 10.0 Å². The molecular weight excluding hydrogens is 293 g/mol. The summed E-state index contributed by atoms with van der Waals surface area (Å²) in [4.78, 5) is 2.09. The quantitative estimate of drug-likeness (QED) is 0.914. The monoisotopic (exact) mass is 309 g/mol. The van der Waals surface area contributed by atoms with Crippen LogP contribution in [0.5, 0.6) is 0 Å². The van der Waals surface area contributed by atoms with Crippen LogP contribution in [-0.2, 0) is 13.2 Å². The van der Waals surface area contributed by atoms with Gasteiger partial charge >= 0.3 is 0 Å². The second-order valence-electron chi connectivity index (χ2n) is 5.02. The summed E-state index contributed by atoms with van der Waals surface area (Å²) in [5, 5.41) is 10.6. The summed E-state index contributed by atoms with van der Waals surface area (Å²) in [5.41, 5.74) is 4.00. The Hall–Kier alpha value is -1.06. The molecule has 0 aromatic heterocycles. The smallest absolute Gasteiger partial charge is 0.0687 e. The number of aliphatic hydroxyl groups is 1. The molecule has 0 spiro atoms. The zero-order valence-electron chi connectivity index (χ0n) is 11.5. The van der Waals surface area contributed by atoms with Gasteiger partial charge in [-0.25, -0.2) is 0 Å². The van der Waals surface area contributed by atoms with Gasteiger partial charge in [0, 0.05) is 6.54 Å². The van der Waals surface area contributed by atoms with Crippen molar-refractivity contribution in [1.82, 2.24) is 4.90 Å². The SMILES string of the molecule is CN(C)Cc1ccc(-c2ccc(Cl)c(Cl)c2)c(CO)c1. The number of hydrogen-bond donors (Lipinski definition) is 1. The van der Waals surface area contributed by atoms with Crippen molar-refractivity contribution < 1.29 is 5.11 Å². The highest BCUT2D eigenvalue weighted by Gasteiger charge is 2.08. The van der Waals surface area contributed by atoms with Gasteiger partial charge in [-0.1, -0.05) is 47.5 Å². The van der Waals surface area contributed by atoms with Crippen LogP contribution in [0.15, 0.2) is 36.4 Å². The van der Waals surface area contributed by atoms with Crippen molar-refractivity contribution in [3.05, 3.63) is 57.6 Å². The minimum absolute atomic E-state index is 0.00313. The van der Waals surface area contributed by atoms with Crippen LogP contribution in [0.25, 0.3) is 11.1 Å². The van der Waals surface area contributed by atoms with E-state index in [1.54, 1.807) is 6.07 Å². The zero-order valence-corrected chi connectivity index (χ0v) is 13.0. The number of rotatable bonds is 4. The van der Waals surface area contributed by atoms with E-state index >= 15 is 0 Å². The molecule has 0 fully saturated rings. The summed E-state index contributed by atoms with van der Waals surface area (Å²) < 4.78 is 0. The Morgan fingerprint density at radius 3 is 2.35 bits per heavy atom. The van der Waals surface area contributed by atoms with Crippen LogP contribution in [0.1, 0.15) is 11.1 Å². The molecule has 0 saturated heterocycles. The van der Waals surface area contributed by atoms with Crippen molar-refractivity contribution in [2.75, 3.05) is 14.1 Å². The van der Waals surface area contributed by atoms with E-state index in [9.17, 15) is 5.11 Å². The second kappa shape index (κ2) is 6.59. The van der Waals surface area contributed by atoms with Gasteiger partial charge in [-0.3, -0.25) is 0 Å². The number of benzene rings is 2. The second-order valence-corrected chi connectivity index (χ2v) is 5.83. The molecule has 20 heavy (non-hydrogen) atoms. The number of aliphatic hydroxyl groups excluding tert-OH is 1. The summed E-state index contributed by atoms with van der Waals surface area (Å²) in [7, 11) is 4.04. The molecule has 0 heterocycles. The van der Waals surface area contributed by atoms with Crippen LogP contribution in [-0.4, -0.2) is 24.1 Å². The Bertz CT molecular complexity index is 611. The van der Waals surface area contributed by atoms with Crippen LogP contribution in [0, 0.1) is 0 Å². The van der Waals surface area contributed by atoms with E-state index < -0.39 is 0 Å². The first kappa shape index (κ1) is 15.3. The molecule has 0 aliphatic heterocycles. The molecule has 0 saturated carbocycles. The standard InChI is InChI=1S/C16H17Cl2NO/c1-19(2)9-11-3-5-14(13(7-11)10-20)12-4-6-15(17)16(18)8-12/h3-8,20H,9-10H2,1-2H3. The van der Waals surface area contributed by atoms with E-state index in [2.05, 4.69) is 11.0 Å². The molecule has 0 radical (unpaired) electrons. The predicted octanol–water partition coefficient (Wildman–Crippen LogP) is 4.21. The summed E-state index contributed by atoms with van der Waals surface area (Å²) in [6.07, 6.45) is 0. The first-order valence-electron chi connectivity index (χ1n) is 6.34. The third kappa shape index (κ3) is 3.53. The Morgan fingerprint density at radius 2 is 1.75 bits per heavy atom. The van der Waals surface area contributed by atoms with Gasteiger partial charge in [0.15, 0.2) is 0 Å². The lowest BCUT2D eigenvalue weighted by Gasteiger charge is -2.14. The van der Waals surface area contributed by atoms with Crippen molar-refractivity contribution in [2.24, 2.45) is 0 Å². The molecule has 4 heteroatoms. The van der Waals surface area contributed by atoms with Gasteiger partial charge in [-0.05, 0) is 48.5 Å². The zero-order chi connectivity index (χ0) is 14.7. The van der Waals surface area contributed by atoms with Crippen molar-refractivity contribution in [3.8, 4) is 11.1 Å². The van der Waals surface area contributed by atoms with E-state index in [4.69, 9.17) is 23.2 Å². The Kier molecular flexibility index (Phi) is 5.06. The van der Waals surface area contributed by atoms with Crippen LogP contribution in [0.3, 0.4) is 0 Å². The maximum atomic E-state index is 9.59. The molecule has 2 rings (SSSR count). The van der Waals surface area contributed by atoms with Crippen LogP contribution >= 0.6 is 23.2 Å². The molecule has 0 aliphatic rings. The van der Waals surface area contributed by atoms with Crippen molar-refractivity contribution >= 4 is 23.2 Å². The first-order chi connectivity index (χ1) is 9.51. The molecule has 0 atom stereocenters. The fraction of sp³-hybridized carbons (Fsp3) is 0.250. The summed E-state index contributed by atoms with van der Waals surface area (Å²) in [6, 6.07) is 11.6.